The van der Waals surface area contributed by atoms with Crippen LogP contribution >= 0.6 is 0 Å². The molecule has 0 radical (unpaired) electrons. The molecule has 0 spiro atoms. The van der Waals surface area contributed by atoms with Gasteiger partial charge in [-0.15, -0.1) is 0 Å². The molecule has 1 heterocycles. The third-order valence-corrected chi connectivity index (χ3v) is 4.14. The predicted octanol–water partition coefficient (Wildman–Crippen LogP) is 1.31. The third kappa shape index (κ3) is 2.78. The molecule has 0 aliphatic rings. The minimum absolute atomic E-state index is 0.196. The van der Waals surface area contributed by atoms with Crippen molar-refractivity contribution in [3.05, 3.63) is 42.0 Å². The highest BCUT2D eigenvalue weighted by Gasteiger charge is 2.27. The molecular weight excluding hydrogens is 290 g/mol. The van der Waals surface area contributed by atoms with E-state index in [-0.39, 0.29) is 5.69 Å². The Hall–Kier alpha value is -2.00. The van der Waals surface area contributed by atoms with E-state index in [1.165, 1.54) is 19.3 Å². The first kappa shape index (κ1) is 14.4. The summed E-state index contributed by atoms with van der Waals surface area (Å²) in [7, 11) is -4.38. The molecule has 0 amide bonds. The first-order valence-electron chi connectivity index (χ1n) is 5.57. The first-order chi connectivity index (χ1) is 9.31. The van der Waals surface area contributed by atoms with Crippen molar-refractivity contribution in [3.8, 4) is 0 Å². The van der Waals surface area contributed by atoms with Crippen LogP contribution in [0.15, 0.2) is 29.4 Å². The molecule has 108 valence electrons. The van der Waals surface area contributed by atoms with Gasteiger partial charge in [0.1, 0.15) is 17.5 Å². The number of anilines is 1. The van der Waals surface area contributed by atoms with Crippen LogP contribution in [0.25, 0.3) is 0 Å². The fourth-order valence-electron chi connectivity index (χ4n) is 1.70. The van der Waals surface area contributed by atoms with Gasteiger partial charge < -0.3 is 10.7 Å². The second kappa shape index (κ2) is 5.17. The van der Waals surface area contributed by atoms with Crippen LogP contribution in [0.3, 0.4) is 0 Å². The number of nitrogens with two attached hydrogens (primary N) is 1. The van der Waals surface area contributed by atoms with E-state index in [2.05, 4.69) is 14.7 Å². The van der Waals surface area contributed by atoms with E-state index >= 15 is 0 Å². The molecule has 4 N–H and O–H groups in total. The lowest BCUT2D eigenvalue weighted by Gasteiger charge is -2.13. The van der Waals surface area contributed by atoms with Crippen LogP contribution in [0.2, 0.25) is 0 Å². The molecule has 2 rings (SSSR count). The number of imidazole rings is 1. The number of hydrogen-bond acceptors (Lipinski definition) is 4. The van der Waals surface area contributed by atoms with Crippen molar-refractivity contribution in [3.63, 3.8) is 0 Å². The first-order valence-corrected chi connectivity index (χ1v) is 7.05. The molecule has 6 nitrogen and oxygen atoms in total. The largest absolute Gasteiger partial charge is 0.399 e. The molecule has 0 fully saturated rings. The molecule has 1 atom stereocenters. The Bertz CT molecular complexity index is 693. The molecule has 0 bridgehead atoms. The molecule has 20 heavy (non-hydrogen) atoms. The van der Waals surface area contributed by atoms with Gasteiger partial charge in [-0.05, 0) is 19.1 Å². The van der Waals surface area contributed by atoms with E-state index in [0.717, 1.165) is 12.1 Å². The van der Waals surface area contributed by atoms with Gasteiger partial charge in [0.2, 0.25) is 10.0 Å². The average molecular weight is 302 g/mol. The zero-order valence-electron chi connectivity index (χ0n) is 10.4. The van der Waals surface area contributed by atoms with Crippen LogP contribution in [0.1, 0.15) is 18.8 Å². The van der Waals surface area contributed by atoms with Gasteiger partial charge in [0, 0.05) is 18.1 Å². The summed E-state index contributed by atoms with van der Waals surface area (Å²) in [5.74, 6) is -2.17. The van der Waals surface area contributed by atoms with Gasteiger partial charge in [0.05, 0.1) is 6.04 Å². The van der Waals surface area contributed by atoms with Crippen molar-refractivity contribution in [2.45, 2.75) is 17.9 Å². The summed E-state index contributed by atoms with van der Waals surface area (Å²) in [6.07, 6.45) is 2.94. The minimum Gasteiger partial charge on any atom is -0.399 e. The summed E-state index contributed by atoms with van der Waals surface area (Å²) in [5, 5.41) is 0. The van der Waals surface area contributed by atoms with Gasteiger partial charge in [0.25, 0.3) is 0 Å². The zero-order valence-corrected chi connectivity index (χ0v) is 11.2. The van der Waals surface area contributed by atoms with Crippen LogP contribution in [0, 0.1) is 11.6 Å². The summed E-state index contributed by atoms with van der Waals surface area (Å²) in [6.45, 7) is 1.49. The van der Waals surface area contributed by atoms with Gasteiger partial charge in [-0.2, -0.15) is 0 Å². The predicted molar refractivity (Wildman–Crippen MR) is 68.1 cm³/mol. The van der Waals surface area contributed by atoms with E-state index < -0.39 is 32.6 Å². The van der Waals surface area contributed by atoms with E-state index in [0.29, 0.717) is 5.82 Å². The van der Waals surface area contributed by atoms with Crippen molar-refractivity contribution in [2.24, 2.45) is 0 Å². The lowest BCUT2D eigenvalue weighted by atomic mass is 10.3. The number of aromatic nitrogens is 2. The summed E-state index contributed by atoms with van der Waals surface area (Å²) in [6, 6.07) is 0.719. The van der Waals surface area contributed by atoms with Crippen molar-refractivity contribution >= 4 is 15.7 Å². The number of nitrogen functional groups attached to an aromatic ring is 1. The number of H-pyrrole nitrogens is 1. The quantitative estimate of drug-likeness (QED) is 0.741. The Morgan fingerprint density at radius 3 is 2.45 bits per heavy atom. The molecular formula is C11H12F2N4O2S. The summed E-state index contributed by atoms with van der Waals surface area (Å²) < 4.78 is 53.4. The second-order valence-corrected chi connectivity index (χ2v) is 5.78. The second-order valence-electron chi connectivity index (χ2n) is 4.13. The standard InChI is InChI=1S/C11H12F2N4O2S/c1-6(11-15-2-3-16-11)17-20(18,19)10-8(12)4-7(14)5-9(10)13/h2-6,17H,14H2,1H3,(H,15,16). The van der Waals surface area contributed by atoms with Gasteiger partial charge in [0.15, 0.2) is 4.90 Å². The molecule has 0 saturated heterocycles. The normalized spacial score (nSPS) is 13.3. The molecule has 2 aromatic rings. The number of hydrogen-bond donors (Lipinski definition) is 3. The van der Waals surface area contributed by atoms with Crippen molar-refractivity contribution in [1.29, 1.82) is 0 Å². The summed E-state index contributed by atoms with van der Waals surface area (Å²) >= 11 is 0. The number of rotatable bonds is 4. The highest BCUT2D eigenvalue weighted by Crippen LogP contribution is 2.23. The SMILES string of the molecule is CC(NS(=O)(=O)c1c(F)cc(N)cc1F)c1ncc[nH]1. The highest BCUT2D eigenvalue weighted by molar-refractivity contribution is 7.89. The van der Waals surface area contributed by atoms with Gasteiger partial charge in [-0.1, -0.05) is 0 Å². The third-order valence-electron chi connectivity index (χ3n) is 2.55. The molecule has 0 saturated carbocycles. The zero-order chi connectivity index (χ0) is 14.9. The smallest absolute Gasteiger partial charge is 0.247 e. The van der Waals surface area contributed by atoms with Crippen molar-refractivity contribution in [1.82, 2.24) is 14.7 Å². The Morgan fingerprint density at radius 2 is 1.95 bits per heavy atom. The maximum Gasteiger partial charge on any atom is 0.247 e. The van der Waals surface area contributed by atoms with Crippen LogP contribution in [0.4, 0.5) is 14.5 Å². The van der Waals surface area contributed by atoms with Crippen molar-refractivity contribution < 1.29 is 17.2 Å². The van der Waals surface area contributed by atoms with Crippen molar-refractivity contribution in [2.75, 3.05) is 5.73 Å². The lowest BCUT2D eigenvalue weighted by Crippen LogP contribution is -2.29. The fourth-order valence-corrected chi connectivity index (χ4v) is 3.02. The van der Waals surface area contributed by atoms with Crippen LogP contribution in [-0.4, -0.2) is 18.4 Å². The maximum absolute atomic E-state index is 13.6. The molecule has 9 heteroatoms. The highest BCUT2D eigenvalue weighted by atomic mass is 32.2. The van der Waals surface area contributed by atoms with E-state index in [1.807, 2.05) is 0 Å². The molecule has 0 aliphatic heterocycles. The van der Waals surface area contributed by atoms with Crippen LogP contribution < -0.4 is 10.5 Å². The Morgan fingerprint density at radius 1 is 1.35 bits per heavy atom. The van der Waals surface area contributed by atoms with Gasteiger partial charge in [-0.3, -0.25) is 0 Å². The number of benzene rings is 1. The summed E-state index contributed by atoms with van der Waals surface area (Å²) in [4.78, 5) is 5.50. The average Bonchev–Trinajstić information content (AvgIpc) is 2.78. The fraction of sp³-hybridized carbons (Fsp3) is 0.182. The Labute approximate surface area is 114 Å². The van der Waals surface area contributed by atoms with Crippen LogP contribution in [-0.2, 0) is 10.0 Å². The molecule has 1 aromatic heterocycles. The topological polar surface area (TPSA) is 101 Å². The number of nitrogens with one attached hydrogen (secondary N) is 2. The number of sulfonamides is 1. The molecule has 1 unspecified atom stereocenters. The monoisotopic (exact) mass is 302 g/mol. The van der Waals surface area contributed by atoms with Crippen LogP contribution in [0.5, 0.6) is 0 Å². The van der Waals surface area contributed by atoms with E-state index in [4.69, 9.17) is 5.73 Å². The number of nitrogens with zero attached hydrogens (tertiary/aromatic N) is 1. The maximum atomic E-state index is 13.6. The Balaban J connectivity index is 2.37. The lowest BCUT2D eigenvalue weighted by molar-refractivity contribution is 0.508. The minimum atomic E-state index is -4.38. The molecule has 1 aromatic carbocycles. The summed E-state index contributed by atoms with van der Waals surface area (Å²) in [5.41, 5.74) is 5.04. The van der Waals surface area contributed by atoms with Gasteiger partial charge >= 0.3 is 0 Å². The van der Waals surface area contributed by atoms with E-state index in [1.54, 1.807) is 0 Å². The number of halogens is 2. The van der Waals surface area contributed by atoms with E-state index in [9.17, 15) is 17.2 Å². The van der Waals surface area contributed by atoms with Gasteiger partial charge in [-0.25, -0.2) is 26.9 Å². The Kier molecular flexibility index (Phi) is 3.73. The number of aromatic amines is 1. The molecule has 0 aliphatic carbocycles.